The van der Waals surface area contributed by atoms with Crippen molar-refractivity contribution >= 4 is 40.0 Å². The SMILES string of the molecule is Nc1c(F)c(C2CC(Cl)=NO2)nc(C(=O)O)c1Cl. The number of anilines is 1. The topological polar surface area (TPSA) is 97.8 Å². The van der Waals surface area contributed by atoms with Gasteiger partial charge in [-0.25, -0.2) is 14.2 Å². The first kappa shape index (κ1) is 12.8. The average molecular weight is 294 g/mol. The molecule has 1 aliphatic rings. The lowest BCUT2D eigenvalue weighted by atomic mass is 10.1. The Morgan fingerprint density at radius 3 is 2.72 bits per heavy atom. The van der Waals surface area contributed by atoms with Crippen LogP contribution in [0.5, 0.6) is 0 Å². The number of carboxylic acid groups (broad SMARTS) is 1. The molecule has 0 saturated carbocycles. The Morgan fingerprint density at radius 1 is 1.56 bits per heavy atom. The Kier molecular flexibility index (Phi) is 3.27. The highest BCUT2D eigenvalue weighted by molar-refractivity contribution is 6.65. The summed E-state index contributed by atoms with van der Waals surface area (Å²) in [6.07, 6.45) is -0.818. The molecule has 3 N–H and O–H groups in total. The number of oxime groups is 1. The maximum absolute atomic E-state index is 13.8. The zero-order chi connectivity index (χ0) is 13.4. The molecule has 0 aliphatic carbocycles. The average Bonchev–Trinajstić information content (AvgIpc) is 2.72. The van der Waals surface area contributed by atoms with E-state index in [9.17, 15) is 9.18 Å². The van der Waals surface area contributed by atoms with Crippen molar-refractivity contribution in [2.24, 2.45) is 5.16 Å². The molecule has 0 amide bonds. The van der Waals surface area contributed by atoms with E-state index in [1.54, 1.807) is 0 Å². The summed E-state index contributed by atoms with van der Waals surface area (Å²) in [7, 11) is 0. The van der Waals surface area contributed by atoms with E-state index in [0.717, 1.165) is 0 Å². The minimum Gasteiger partial charge on any atom is -0.476 e. The zero-order valence-electron chi connectivity index (χ0n) is 8.65. The fourth-order valence-corrected chi connectivity index (χ4v) is 1.82. The number of hydrogen-bond acceptors (Lipinski definition) is 5. The first-order valence-electron chi connectivity index (χ1n) is 4.67. The maximum Gasteiger partial charge on any atom is 0.356 e. The normalized spacial score (nSPS) is 18.4. The van der Waals surface area contributed by atoms with Gasteiger partial charge < -0.3 is 15.7 Å². The predicted octanol–water partition coefficient (Wildman–Crippen LogP) is 2.17. The minimum atomic E-state index is -1.42. The monoisotopic (exact) mass is 293 g/mol. The van der Waals surface area contributed by atoms with Gasteiger partial charge in [0.2, 0.25) is 0 Å². The highest BCUT2D eigenvalue weighted by Gasteiger charge is 2.30. The molecule has 0 radical (unpaired) electrons. The van der Waals surface area contributed by atoms with Gasteiger partial charge in [-0.3, -0.25) is 0 Å². The number of nitrogens with two attached hydrogens (primary N) is 1. The van der Waals surface area contributed by atoms with Crippen LogP contribution in [0.4, 0.5) is 10.1 Å². The molecule has 9 heteroatoms. The molecular formula is C9H6Cl2FN3O3. The third kappa shape index (κ3) is 2.06. The van der Waals surface area contributed by atoms with Crippen LogP contribution in [0.25, 0.3) is 0 Å². The van der Waals surface area contributed by atoms with Crippen molar-refractivity contribution < 1.29 is 19.1 Å². The van der Waals surface area contributed by atoms with Gasteiger partial charge in [0.05, 0.1) is 10.7 Å². The maximum atomic E-state index is 13.8. The quantitative estimate of drug-likeness (QED) is 0.871. The number of rotatable bonds is 2. The molecular weight excluding hydrogens is 288 g/mol. The molecule has 1 aromatic rings. The Labute approximate surface area is 110 Å². The van der Waals surface area contributed by atoms with Crippen molar-refractivity contribution in [1.82, 2.24) is 4.98 Å². The van der Waals surface area contributed by atoms with Gasteiger partial charge in [0.1, 0.15) is 10.9 Å². The van der Waals surface area contributed by atoms with E-state index in [0.29, 0.717) is 0 Å². The van der Waals surface area contributed by atoms with Crippen LogP contribution in [0, 0.1) is 5.82 Å². The third-order valence-electron chi connectivity index (χ3n) is 2.28. The van der Waals surface area contributed by atoms with E-state index in [1.807, 2.05) is 0 Å². The van der Waals surface area contributed by atoms with Crippen molar-refractivity contribution in [2.45, 2.75) is 12.5 Å². The first-order valence-corrected chi connectivity index (χ1v) is 5.43. The van der Waals surface area contributed by atoms with Crippen LogP contribution < -0.4 is 5.73 Å². The molecule has 96 valence electrons. The van der Waals surface area contributed by atoms with Crippen LogP contribution in [0.3, 0.4) is 0 Å². The van der Waals surface area contributed by atoms with Crippen LogP contribution in [-0.2, 0) is 4.84 Å². The van der Waals surface area contributed by atoms with Crippen LogP contribution in [0.15, 0.2) is 5.16 Å². The van der Waals surface area contributed by atoms with Crippen LogP contribution in [-0.4, -0.2) is 21.2 Å². The smallest absolute Gasteiger partial charge is 0.356 e. The van der Waals surface area contributed by atoms with Crippen LogP contribution >= 0.6 is 23.2 Å². The molecule has 1 aliphatic heterocycles. The second-order valence-electron chi connectivity index (χ2n) is 3.46. The Hall–Kier alpha value is -1.60. The molecule has 6 nitrogen and oxygen atoms in total. The van der Waals surface area contributed by atoms with Gasteiger partial charge in [-0.2, -0.15) is 0 Å². The second-order valence-corrected chi connectivity index (χ2v) is 4.27. The number of nitrogens with zero attached hydrogens (tertiary/aromatic N) is 2. The number of aromatic carboxylic acids is 1. The Bertz CT molecular complexity index is 564. The van der Waals surface area contributed by atoms with Crippen molar-refractivity contribution in [3.8, 4) is 0 Å². The predicted molar refractivity (Wildman–Crippen MR) is 62.3 cm³/mol. The lowest BCUT2D eigenvalue weighted by Gasteiger charge is -2.12. The first-order chi connectivity index (χ1) is 8.41. The number of pyridine rings is 1. The standard InChI is InChI=1S/C9H6Cl2FN3O3/c10-3-1-2(18-15-3)7-5(12)6(13)4(11)8(14-7)9(16)17/h2H,1H2,(H2,13,14)(H,16,17). The van der Waals surface area contributed by atoms with Gasteiger partial charge in [0, 0.05) is 6.42 Å². The van der Waals surface area contributed by atoms with Crippen molar-refractivity contribution in [2.75, 3.05) is 5.73 Å². The number of carboxylic acids is 1. The van der Waals surface area contributed by atoms with Crippen molar-refractivity contribution in [1.29, 1.82) is 0 Å². The lowest BCUT2D eigenvalue weighted by Crippen LogP contribution is -2.13. The summed E-state index contributed by atoms with van der Waals surface area (Å²) in [6, 6.07) is 0. The third-order valence-corrected chi connectivity index (χ3v) is 2.88. The summed E-state index contributed by atoms with van der Waals surface area (Å²) in [5.74, 6) is -2.35. The van der Waals surface area contributed by atoms with E-state index < -0.39 is 34.3 Å². The highest BCUT2D eigenvalue weighted by Crippen LogP contribution is 2.34. The molecule has 1 atom stereocenters. The fraction of sp³-hybridized carbons (Fsp3) is 0.222. The van der Waals surface area contributed by atoms with Crippen LogP contribution in [0.2, 0.25) is 5.02 Å². The number of carbonyl (C=O) groups is 1. The Balaban J connectivity index is 2.51. The van der Waals surface area contributed by atoms with Gasteiger partial charge in [0.25, 0.3) is 0 Å². The lowest BCUT2D eigenvalue weighted by molar-refractivity contribution is 0.0680. The largest absolute Gasteiger partial charge is 0.476 e. The van der Waals surface area contributed by atoms with Gasteiger partial charge in [-0.05, 0) is 0 Å². The number of aromatic nitrogens is 1. The van der Waals surface area contributed by atoms with Crippen LogP contribution in [0.1, 0.15) is 28.7 Å². The van der Waals surface area contributed by atoms with E-state index >= 15 is 0 Å². The van der Waals surface area contributed by atoms with Crippen molar-refractivity contribution in [3.05, 3.63) is 22.2 Å². The molecule has 2 rings (SSSR count). The molecule has 0 bridgehead atoms. The van der Waals surface area contributed by atoms with Crippen molar-refractivity contribution in [3.63, 3.8) is 0 Å². The van der Waals surface area contributed by atoms with E-state index in [1.165, 1.54) is 0 Å². The van der Waals surface area contributed by atoms with Gasteiger partial charge in [-0.15, -0.1) is 0 Å². The molecule has 0 saturated heterocycles. The molecule has 0 fully saturated rings. The van der Waals surface area contributed by atoms with Gasteiger partial charge >= 0.3 is 5.97 Å². The molecule has 2 heterocycles. The molecule has 18 heavy (non-hydrogen) atoms. The molecule has 1 unspecified atom stereocenters. The van der Waals surface area contributed by atoms with Gasteiger partial charge in [-0.1, -0.05) is 28.4 Å². The highest BCUT2D eigenvalue weighted by atomic mass is 35.5. The summed E-state index contributed by atoms with van der Waals surface area (Å²) in [5.41, 5.74) is 4.06. The van der Waals surface area contributed by atoms with E-state index in [2.05, 4.69) is 10.1 Å². The second kappa shape index (κ2) is 4.58. The van der Waals surface area contributed by atoms with Gasteiger partial charge in [0.15, 0.2) is 17.6 Å². The Morgan fingerprint density at radius 2 is 2.22 bits per heavy atom. The fourth-order valence-electron chi connectivity index (χ4n) is 1.43. The zero-order valence-corrected chi connectivity index (χ0v) is 10.2. The van der Waals surface area contributed by atoms with E-state index in [-0.39, 0.29) is 17.3 Å². The number of halogens is 3. The van der Waals surface area contributed by atoms with E-state index in [4.69, 9.17) is 38.9 Å². The number of hydrogen-bond donors (Lipinski definition) is 2. The number of nitrogen functional groups attached to an aromatic ring is 1. The summed E-state index contributed by atoms with van der Waals surface area (Å²) in [6.45, 7) is 0. The molecule has 0 spiro atoms. The summed E-state index contributed by atoms with van der Waals surface area (Å²) >= 11 is 11.2. The molecule has 0 aromatic carbocycles. The minimum absolute atomic E-state index is 0.0889. The summed E-state index contributed by atoms with van der Waals surface area (Å²) < 4.78 is 13.8. The molecule has 1 aromatic heterocycles. The summed E-state index contributed by atoms with van der Waals surface area (Å²) in [5, 5.41) is 12.0. The summed E-state index contributed by atoms with van der Waals surface area (Å²) in [4.78, 5) is 19.3.